The van der Waals surface area contributed by atoms with Gasteiger partial charge in [0.1, 0.15) is 5.82 Å². The lowest BCUT2D eigenvalue weighted by atomic mass is 10.1. The third-order valence-corrected chi connectivity index (χ3v) is 6.46. The second-order valence-corrected chi connectivity index (χ2v) is 8.61. The van der Waals surface area contributed by atoms with Gasteiger partial charge in [0.2, 0.25) is 0 Å². The van der Waals surface area contributed by atoms with Crippen molar-refractivity contribution in [2.75, 3.05) is 12.3 Å². The maximum Gasteiger partial charge on any atom is 0.261 e. The minimum absolute atomic E-state index is 0.100. The molecule has 1 aromatic heterocycles. The van der Waals surface area contributed by atoms with Crippen molar-refractivity contribution in [2.24, 2.45) is 0 Å². The van der Waals surface area contributed by atoms with E-state index in [2.05, 4.69) is 10.2 Å². The maximum atomic E-state index is 14.3. The summed E-state index contributed by atoms with van der Waals surface area (Å²) in [7, 11) is 0. The molecular weight excluding hydrogens is 419 g/mol. The number of thioether (sulfide) groups is 1. The summed E-state index contributed by atoms with van der Waals surface area (Å²) in [6.45, 7) is -0.100. The van der Waals surface area contributed by atoms with Gasteiger partial charge in [-0.25, -0.2) is 4.39 Å². The highest BCUT2D eigenvalue weighted by atomic mass is 32.2. The number of hydrogen-bond acceptors (Lipinski definition) is 6. The molecule has 158 valence electrons. The summed E-state index contributed by atoms with van der Waals surface area (Å²) in [5, 5.41) is 19.5. The molecule has 0 saturated heterocycles. The first-order valence-corrected chi connectivity index (χ1v) is 11.0. The van der Waals surface area contributed by atoms with Gasteiger partial charge in [-0.05, 0) is 37.1 Å². The Balaban J connectivity index is 1.29. The molecule has 1 unspecified atom stereocenters. The van der Waals surface area contributed by atoms with Gasteiger partial charge in [0.15, 0.2) is 11.0 Å². The number of β-amino-alcohol motifs (C(OH)–C–C–N with tert-alkyl or cyclic N) is 1. The van der Waals surface area contributed by atoms with E-state index in [4.69, 9.17) is 0 Å². The van der Waals surface area contributed by atoms with E-state index in [-0.39, 0.29) is 24.2 Å². The van der Waals surface area contributed by atoms with Crippen LogP contribution in [0.2, 0.25) is 0 Å². The highest BCUT2D eigenvalue weighted by Crippen LogP contribution is 2.41. The molecule has 5 rings (SSSR count). The summed E-state index contributed by atoms with van der Waals surface area (Å²) in [5.41, 5.74) is 1.10. The topological polar surface area (TPSA) is 88.3 Å². The lowest BCUT2D eigenvalue weighted by molar-refractivity contribution is 0.0567. The van der Waals surface area contributed by atoms with Crippen molar-refractivity contribution in [1.82, 2.24) is 19.7 Å². The van der Waals surface area contributed by atoms with Crippen LogP contribution >= 0.6 is 11.8 Å². The van der Waals surface area contributed by atoms with Crippen LogP contribution in [0.15, 0.2) is 53.7 Å². The number of nitrogens with zero attached hydrogens (tertiary/aromatic N) is 4. The van der Waals surface area contributed by atoms with Gasteiger partial charge >= 0.3 is 0 Å². The highest BCUT2D eigenvalue weighted by molar-refractivity contribution is 7.99. The zero-order valence-electron chi connectivity index (χ0n) is 16.4. The molecular formula is C22H19FN4O3S. The number of aliphatic hydroxyl groups excluding tert-OH is 1. The molecule has 1 N–H and O–H groups in total. The average Bonchev–Trinajstić information content (AvgIpc) is 3.49. The molecule has 31 heavy (non-hydrogen) atoms. The van der Waals surface area contributed by atoms with Crippen LogP contribution in [-0.2, 0) is 0 Å². The molecule has 0 radical (unpaired) electrons. The van der Waals surface area contributed by atoms with Gasteiger partial charge in [0.25, 0.3) is 11.8 Å². The van der Waals surface area contributed by atoms with Crippen LogP contribution in [0.5, 0.6) is 0 Å². The molecule has 0 spiro atoms. The van der Waals surface area contributed by atoms with Crippen LogP contribution < -0.4 is 0 Å². The molecule has 3 aromatic rings. The number of benzene rings is 2. The van der Waals surface area contributed by atoms with Crippen LogP contribution in [0.25, 0.3) is 11.4 Å². The van der Waals surface area contributed by atoms with Gasteiger partial charge in [0, 0.05) is 11.8 Å². The second-order valence-electron chi connectivity index (χ2n) is 7.62. The van der Waals surface area contributed by atoms with E-state index in [9.17, 15) is 19.1 Å². The quantitative estimate of drug-likeness (QED) is 0.450. The number of carbonyl (C=O) groups excluding carboxylic acids is 2. The molecule has 0 bridgehead atoms. The van der Waals surface area contributed by atoms with Gasteiger partial charge in [-0.2, -0.15) is 0 Å². The monoisotopic (exact) mass is 438 g/mol. The number of carbonyl (C=O) groups is 2. The van der Waals surface area contributed by atoms with Gasteiger partial charge in [-0.3, -0.25) is 19.1 Å². The van der Waals surface area contributed by atoms with E-state index < -0.39 is 17.9 Å². The largest absolute Gasteiger partial charge is 0.390 e. The molecule has 1 aliphatic heterocycles. The fraction of sp³-hybridized carbons (Fsp3) is 0.273. The summed E-state index contributed by atoms with van der Waals surface area (Å²) in [5.74, 6) is -0.465. The number of aliphatic hydroxyl groups is 1. The van der Waals surface area contributed by atoms with Gasteiger partial charge < -0.3 is 5.11 Å². The molecule has 1 atom stereocenters. The zero-order valence-corrected chi connectivity index (χ0v) is 17.3. The summed E-state index contributed by atoms with van der Waals surface area (Å²) in [6.07, 6.45) is 0.989. The molecule has 2 amide bonds. The maximum absolute atomic E-state index is 14.3. The van der Waals surface area contributed by atoms with Crippen LogP contribution in [0.3, 0.4) is 0 Å². The summed E-state index contributed by atoms with van der Waals surface area (Å²) >= 11 is 1.28. The number of fused-ring (bicyclic) bond motifs is 1. The third-order valence-electron chi connectivity index (χ3n) is 5.37. The van der Waals surface area contributed by atoms with Crippen LogP contribution in [0, 0.1) is 5.82 Å². The predicted octanol–water partition coefficient (Wildman–Crippen LogP) is 3.17. The van der Waals surface area contributed by atoms with Crippen LogP contribution in [0.1, 0.15) is 39.6 Å². The SMILES string of the molecule is O=C1c2ccccc2C(=O)N1CC(O)CSc1nnc(-c2ccccc2F)n1C1CC1. The van der Waals surface area contributed by atoms with E-state index in [0.717, 1.165) is 17.7 Å². The van der Waals surface area contributed by atoms with Crippen molar-refractivity contribution in [2.45, 2.75) is 30.1 Å². The Morgan fingerprint density at radius 2 is 1.61 bits per heavy atom. The summed E-state index contributed by atoms with van der Waals surface area (Å²) in [4.78, 5) is 26.0. The Labute approximate surface area is 181 Å². The molecule has 2 aromatic carbocycles. The number of hydrogen-bond donors (Lipinski definition) is 1. The van der Waals surface area contributed by atoms with E-state index in [0.29, 0.717) is 27.7 Å². The summed E-state index contributed by atoms with van der Waals surface area (Å²) < 4.78 is 16.2. The van der Waals surface area contributed by atoms with Crippen molar-refractivity contribution in [1.29, 1.82) is 0 Å². The molecule has 1 aliphatic carbocycles. The van der Waals surface area contributed by atoms with Crippen LogP contribution in [-0.4, -0.2) is 55.0 Å². The smallest absolute Gasteiger partial charge is 0.261 e. The minimum atomic E-state index is -0.937. The molecule has 1 fully saturated rings. The Kier molecular flexibility index (Phi) is 5.07. The Morgan fingerprint density at radius 3 is 2.23 bits per heavy atom. The van der Waals surface area contributed by atoms with Crippen molar-refractivity contribution >= 4 is 23.6 Å². The lowest BCUT2D eigenvalue weighted by Gasteiger charge is -2.18. The minimum Gasteiger partial charge on any atom is -0.390 e. The number of imide groups is 1. The fourth-order valence-electron chi connectivity index (χ4n) is 3.70. The number of aromatic nitrogens is 3. The van der Waals surface area contributed by atoms with Crippen molar-refractivity contribution < 1.29 is 19.1 Å². The third kappa shape index (κ3) is 3.64. The molecule has 2 aliphatic rings. The molecule has 7 nitrogen and oxygen atoms in total. The fourth-order valence-corrected chi connectivity index (χ4v) is 4.62. The highest BCUT2D eigenvalue weighted by Gasteiger charge is 2.36. The number of rotatable bonds is 7. The normalized spacial score (nSPS) is 16.6. The predicted molar refractivity (Wildman–Crippen MR) is 112 cm³/mol. The standard InChI is InChI=1S/C22H19FN4O3S/c23-18-8-4-3-7-17(18)19-24-25-22(27(19)13-9-10-13)31-12-14(28)11-26-20(29)15-5-1-2-6-16(15)21(26)30/h1-8,13-14,28H,9-12H2. The average molecular weight is 438 g/mol. The van der Waals surface area contributed by atoms with E-state index in [1.165, 1.54) is 17.8 Å². The van der Waals surface area contributed by atoms with E-state index in [1.54, 1.807) is 42.5 Å². The zero-order chi connectivity index (χ0) is 21.5. The first-order valence-electron chi connectivity index (χ1n) is 10.0. The second kappa shape index (κ2) is 7.90. The van der Waals surface area contributed by atoms with Gasteiger partial charge in [-0.1, -0.05) is 36.0 Å². The number of halogens is 1. The Morgan fingerprint density at radius 1 is 1.00 bits per heavy atom. The van der Waals surface area contributed by atoms with E-state index >= 15 is 0 Å². The first kappa shape index (κ1) is 19.9. The van der Waals surface area contributed by atoms with E-state index in [1.807, 2.05) is 4.57 Å². The van der Waals surface area contributed by atoms with Crippen molar-refractivity contribution in [3.8, 4) is 11.4 Å². The lowest BCUT2D eigenvalue weighted by Crippen LogP contribution is -2.37. The Hall–Kier alpha value is -3.04. The van der Waals surface area contributed by atoms with Crippen molar-refractivity contribution in [3.05, 3.63) is 65.5 Å². The molecule has 1 saturated carbocycles. The molecule has 9 heteroatoms. The number of amides is 2. The Bertz CT molecular complexity index is 1140. The van der Waals surface area contributed by atoms with Crippen LogP contribution in [0.4, 0.5) is 4.39 Å². The summed E-state index contributed by atoms with van der Waals surface area (Å²) in [6, 6.07) is 13.3. The molecule has 2 heterocycles. The van der Waals surface area contributed by atoms with Gasteiger partial charge in [0.05, 0.1) is 29.3 Å². The van der Waals surface area contributed by atoms with Crippen molar-refractivity contribution in [3.63, 3.8) is 0 Å². The first-order chi connectivity index (χ1) is 15.0. The van der Waals surface area contributed by atoms with Gasteiger partial charge in [-0.15, -0.1) is 10.2 Å².